The molecule has 1 aromatic carbocycles. The van der Waals surface area contributed by atoms with Crippen LogP contribution in [0.25, 0.3) is 0 Å². The fourth-order valence-electron chi connectivity index (χ4n) is 6.62. The van der Waals surface area contributed by atoms with Crippen LogP contribution in [0.15, 0.2) is 24.3 Å². The summed E-state index contributed by atoms with van der Waals surface area (Å²) in [6.45, 7) is -2.06. The molecule has 0 N–H and O–H groups in total. The molecule has 2 saturated carbocycles. The molecule has 1 aromatic rings. The Kier molecular flexibility index (Phi) is 8.60. The van der Waals surface area contributed by atoms with E-state index in [-0.39, 0.29) is 17.7 Å². The predicted molar refractivity (Wildman–Crippen MR) is 130 cm³/mol. The van der Waals surface area contributed by atoms with Gasteiger partial charge in [0.1, 0.15) is 5.75 Å². The molecule has 3 fully saturated rings. The molecule has 1 saturated heterocycles. The normalized spacial score (nSPS) is 31.8. The zero-order chi connectivity index (χ0) is 29.6. The predicted octanol–water partition coefficient (Wildman–Crippen LogP) is 9.43. The van der Waals surface area contributed by atoms with Crippen molar-refractivity contribution in [2.75, 3.05) is 18.0 Å². The Bertz CT molecular complexity index is 955. The van der Waals surface area contributed by atoms with Crippen molar-refractivity contribution in [3.05, 3.63) is 24.3 Å². The topological polar surface area (TPSA) is 12.5 Å². The summed E-state index contributed by atoms with van der Waals surface area (Å²) in [4.78, 5) is -0.00621. The van der Waals surface area contributed by atoms with Crippen LogP contribution in [0.2, 0.25) is 0 Å². The number of rotatable bonds is 7. The first kappa shape index (κ1) is 31.1. The van der Waals surface area contributed by atoms with Gasteiger partial charge < -0.3 is 9.64 Å². The number of anilines is 1. The van der Waals surface area contributed by atoms with Crippen LogP contribution < -0.4 is 9.64 Å². The van der Waals surface area contributed by atoms with E-state index < -0.39 is 60.2 Å². The van der Waals surface area contributed by atoms with E-state index in [1.165, 1.54) is 25.7 Å². The maximum atomic E-state index is 15.0. The summed E-state index contributed by atoms with van der Waals surface area (Å²) >= 11 is 0. The van der Waals surface area contributed by atoms with Crippen molar-refractivity contribution in [2.45, 2.75) is 101 Å². The third-order valence-corrected chi connectivity index (χ3v) is 9.05. The van der Waals surface area contributed by atoms with Gasteiger partial charge in [0.15, 0.2) is 0 Å². The van der Waals surface area contributed by atoms with Crippen molar-refractivity contribution in [1.29, 1.82) is 0 Å². The number of nitrogens with zero attached hydrogens (tertiary/aromatic N) is 1. The van der Waals surface area contributed by atoms with Gasteiger partial charge in [-0.2, -0.15) is 43.9 Å². The molecular formula is C28H35F10NO. The molecule has 228 valence electrons. The van der Waals surface area contributed by atoms with Gasteiger partial charge in [-0.3, -0.25) is 0 Å². The van der Waals surface area contributed by atoms with E-state index in [0.717, 1.165) is 43.0 Å². The molecule has 0 bridgehead atoms. The van der Waals surface area contributed by atoms with Gasteiger partial charge >= 0.3 is 29.8 Å². The molecule has 2 aliphatic carbocycles. The Morgan fingerprint density at radius 1 is 0.725 bits per heavy atom. The Morgan fingerprint density at radius 3 is 1.62 bits per heavy atom. The van der Waals surface area contributed by atoms with Crippen LogP contribution in [0.4, 0.5) is 49.6 Å². The Balaban J connectivity index is 1.36. The van der Waals surface area contributed by atoms with E-state index in [9.17, 15) is 43.9 Å². The molecule has 0 radical (unpaired) electrons. The highest BCUT2D eigenvalue weighted by Crippen LogP contribution is 2.55. The van der Waals surface area contributed by atoms with Crippen LogP contribution in [0.3, 0.4) is 0 Å². The van der Waals surface area contributed by atoms with Gasteiger partial charge in [-0.15, -0.1) is 0 Å². The molecule has 1 aliphatic heterocycles. The van der Waals surface area contributed by atoms with Crippen LogP contribution >= 0.6 is 0 Å². The van der Waals surface area contributed by atoms with Crippen molar-refractivity contribution in [3.8, 4) is 5.75 Å². The Morgan fingerprint density at radius 2 is 1.18 bits per heavy atom. The molecule has 0 aromatic heterocycles. The zero-order valence-electron chi connectivity index (χ0n) is 22.2. The lowest BCUT2D eigenvalue weighted by Crippen LogP contribution is -2.61. The van der Waals surface area contributed by atoms with E-state index in [0.29, 0.717) is 24.7 Å². The lowest BCUT2D eigenvalue weighted by molar-refractivity contribution is -0.353. The summed E-state index contributed by atoms with van der Waals surface area (Å²) in [5.74, 6) is -23.3. The minimum absolute atomic E-state index is 0.00621. The molecule has 0 spiro atoms. The molecule has 4 rings (SSSR count). The van der Waals surface area contributed by atoms with Crippen LogP contribution in [0.5, 0.6) is 5.75 Å². The maximum absolute atomic E-state index is 15.0. The quantitative estimate of drug-likeness (QED) is 0.293. The molecule has 0 amide bonds. The molecular weight excluding hydrogens is 556 g/mol. The summed E-state index contributed by atoms with van der Waals surface area (Å²) in [5.41, 5.74) is -0.544. The second kappa shape index (κ2) is 11.1. The molecule has 40 heavy (non-hydrogen) atoms. The molecule has 1 heterocycles. The van der Waals surface area contributed by atoms with E-state index in [1.807, 2.05) is 0 Å². The summed E-state index contributed by atoms with van der Waals surface area (Å²) in [5, 5.41) is 0. The average Bonchev–Trinajstić information content (AvgIpc) is 2.91. The first-order valence-electron chi connectivity index (χ1n) is 13.9. The molecule has 3 aliphatic rings. The summed E-state index contributed by atoms with van der Waals surface area (Å²) in [7, 11) is 0. The van der Waals surface area contributed by atoms with E-state index in [4.69, 9.17) is 4.74 Å². The Labute approximate surface area is 227 Å². The highest BCUT2D eigenvalue weighted by atomic mass is 19.4. The monoisotopic (exact) mass is 591 g/mol. The van der Waals surface area contributed by atoms with Gasteiger partial charge in [0.25, 0.3) is 0 Å². The SMILES string of the molecule is CCCC1CCC(C2CCC(C(F)(F)Oc3ccc(N4CC(F)(F)C(F)(F)C(F)(F)C(F)(F)C4)cc3)CC2)CC1. The molecule has 2 nitrogen and oxygen atoms in total. The first-order chi connectivity index (χ1) is 18.5. The highest BCUT2D eigenvalue weighted by Gasteiger charge is 2.82. The number of halogens is 10. The van der Waals surface area contributed by atoms with Crippen LogP contribution in [0.1, 0.15) is 71.1 Å². The second-order valence-corrected chi connectivity index (χ2v) is 11.8. The fourth-order valence-corrected chi connectivity index (χ4v) is 6.62. The van der Waals surface area contributed by atoms with Gasteiger partial charge in [-0.1, -0.05) is 32.6 Å². The third-order valence-electron chi connectivity index (χ3n) is 9.05. The van der Waals surface area contributed by atoms with Crippen LogP contribution in [-0.2, 0) is 0 Å². The summed E-state index contributed by atoms with van der Waals surface area (Å²) in [6.07, 6.45) is 5.33. The van der Waals surface area contributed by atoms with Gasteiger partial charge in [-0.05, 0) is 80.5 Å². The standard InChI is InChI=1S/C28H35F10NO/c1-2-3-18-4-6-19(7-5-18)20-8-10-21(11-9-20)26(33,34)40-23-14-12-22(13-15-23)39-16-24(29,30)27(35,36)28(37,38)25(31,32)17-39/h12-15,18-21H,2-11,16-17H2,1H3. The van der Waals surface area contributed by atoms with Crippen molar-refractivity contribution in [2.24, 2.45) is 23.7 Å². The second-order valence-electron chi connectivity index (χ2n) is 11.8. The van der Waals surface area contributed by atoms with E-state index in [2.05, 4.69) is 6.92 Å². The smallest absolute Gasteiger partial charge is 0.400 e. The minimum Gasteiger partial charge on any atom is -0.432 e. The number of hydrogen-bond donors (Lipinski definition) is 0. The minimum atomic E-state index is -6.31. The van der Waals surface area contributed by atoms with Crippen molar-refractivity contribution in [1.82, 2.24) is 0 Å². The van der Waals surface area contributed by atoms with Gasteiger partial charge in [0.2, 0.25) is 0 Å². The van der Waals surface area contributed by atoms with Crippen molar-refractivity contribution < 1.29 is 48.6 Å². The number of hydrogen-bond acceptors (Lipinski definition) is 2. The maximum Gasteiger partial charge on any atom is 0.400 e. The summed E-state index contributed by atoms with van der Waals surface area (Å²) < 4.78 is 146. The molecule has 0 atom stereocenters. The third kappa shape index (κ3) is 5.87. The van der Waals surface area contributed by atoms with Gasteiger partial charge in [0.05, 0.1) is 19.0 Å². The molecule has 12 heteroatoms. The lowest BCUT2D eigenvalue weighted by Gasteiger charge is -2.39. The fraction of sp³-hybridized carbons (Fsp3) is 0.786. The average molecular weight is 592 g/mol. The summed E-state index contributed by atoms with van der Waals surface area (Å²) in [6, 6.07) is 3.43. The van der Waals surface area contributed by atoms with Crippen molar-refractivity contribution >= 4 is 5.69 Å². The van der Waals surface area contributed by atoms with Gasteiger partial charge in [-0.25, -0.2) is 0 Å². The number of alkyl halides is 10. The van der Waals surface area contributed by atoms with Crippen molar-refractivity contribution in [3.63, 3.8) is 0 Å². The van der Waals surface area contributed by atoms with Crippen LogP contribution in [-0.4, -0.2) is 42.9 Å². The van der Waals surface area contributed by atoms with Gasteiger partial charge in [0, 0.05) is 5.69 Å². The highest BCUT2D eigenvalue weighted by molar-refractivity contribution is 5.50. The van der Waals surface area contributed by atoms with Crippen LogP contribution in [0, 0.1) is 23.7 Å². The largest absolute Gasteiger partial charge is 0.432 e. The van der Waals surface area contributed by atoms with E-state index in [1.54, 1.807) is 0 Å². The number of ether oxygens (including phenoxy) is 1. The lowest BCUT2D eigenvalue weighted by atomic mass is 9.68. The van der Waals surface area contributed by atoms with E-state index >= 15 is 0 Å². The molecule has 0 unspecified atom stereocenters. The Hall–Kier alpha value is -1.88. The number of benzene rings is 1. The zero-order valence-corrected chi connectivity index (χ0v) is 22.2. The first-order valence-corrected chi connectivity index (χ1v) is 13.9.